The average molecular weight is 356 g/mol. The molecule has 128 valence electrons. The van der Waals surface area contributed by atoms with Crippen molar-refractivity contribution < 1.29 is 19.1 Å². The van der Waals surface area contributed by atoms with E-state index in [9.17, 15) is 4.79 Å². The van der Waals surface area contributed by atoms with E-state index in [0.29, 0.717) is 29.2 Å². The maximum atomic E-state index is 11.0. The molecule has 0 aliphatic heterocycles. The number of aromatic carboxylic acids is 1. The molecule has 1 heterocycles. The predicted molar refractivity (Wildman–Crippen MR) is 93.9 cm³/mol. The molecule has 7 heteroatoms. The van der Waals surface area contributed by atoms with Gasteiger partial charge in [0.2, 0.25) is 0 Å². The molecule has 2 aromatic carbocycles. The second-order valence-electron chi connectivity index (χ2n) is 5.10. The summed E-state index contributed by atoms with van der Waals surface area (Å²) in [5.74, 6) is 0.681. The fourth-order valence-corrected chi connectivity index (χ4v) is 2.95. The number of benzene rings is 2. The van der Waals surface area contributed by atoms with Crippen molar-refractivity contribution in [3.8, 4) is 17.2 Å². The largest absolute Gasteiger partial charge is 0.493 e. The highest BCUT2D eigenvalue weighted by atomic mass is 32.2. The minimum atomic E-state index is -0.945. The minimum Gasteiger partial charge on any atom is -0.493 e. The monoisotopic (exact) mass is 356 g/mol. The third-order valence-electron chi connectivity index (χ3n) is 3.36. The first-order valence-electron chi connectivity index (χ1n) is 7.68. The van der Waals surface area contributed by atoms with Gasteiger partial charge in [-0.05, 0) is 36.8 Å². The number of carbonyl (C=O) groups is 1. The zero-order chi connectivity index (χ0) is 17.6. The normalized spacial score (nSPS) is 10.6. The van der Waals surface area contributed by atoms with E-state index in [1.807, 2.05) is 37.3 Å². The predicted octanol–water partition coefficient (Wildman–Crippen LogP) is 4.13. The van der Waals surface area contributed by atoms with Crippen molar-refractivity contribution in [3.63, 3.8) is 0 Å². The highest BCUT2D eigenvalue weighted by Crippen LogP contribution is 2.31. The smallest absolute Gasteiger partial charge is 0.335 e. The molecule has 3 rings (SSSR count). The molecular formula is C18H16N2O4S. The number of ether oxygens (including phenoxy) is 1. The van der Waals surface area contributed by atoms with Gasteiger partial charge >= 0.3 is 5.97 Å². The molecule has 0 spiro atoms. The molecule has 0 saturated carbocycles. The lowest BCUT2D eigenvalue weighted by Gasteiger charge is -2.06. The Hall–Kier alpha value is -2.80. The van der Waals surface area contributed by atoms with Gasteiger partial charge in [-0.1, -0.05) is 36.0 Å². The summed E-state index contributed by atoms with van der Waals surface area (Å²) in [5.41, 5.74) is 1.88. The molecule has 0 atom stereocenters. The van der Waals surface area contributed by atoms with Crippen LogP contribution < -0.4 is 4.74 Å². The number of para-hydroxylation sites is 1. The van der Waals surface area contributed by atoms with Crippen LogP contribution in [0.5, 0.6) is 5.75 Å². The van der Waals surface area contributed by atoms with Gasteiger partial charge in [0.25, 0.3) is 11.1 Å². The van der Waals surface area contributed by atoms with Crippen LogP contribution in [0.4, 0.5) is 0 Å². The first-order chi connectivity index (χ1) is 12.2. The van der Waals surface area contributed by atoms with Crippen molar-refractivity contribution in [3.05, 3.63) is 59.7 Å². The number of thioether (sulfide) groups is 1. The maximum Gasteiger partial charge on any atom is 0.335 e. The van der Waals surface area contributed by atoms with E-state index in [4.69, 9.17) is 14.3 Å². The summed E-state index contributed by atoms with van der Waals surface area (Å²) in [5, 5.41) is 17.6. The molecule has 0 bridgehead atoms. The van der Waals surface area contributed by atoms with Crippen LogP contribution in [-0.4, -0.2) is 27.9 Å². The summed E-state index contributed by atoms with van der Waals surface area (Å²) in [7, 11) is 0. The van der Waals surface area contributed by atoms with E-state index >= 15 is 0 Å². The summed E-state index contributed by atoms with van der Waals surface area (Å²) < 4.78 is 11.3. The average Bonchev–Trinajstić information content (AvgIpc) is 3.10. The fraction of sp³-hybridized carbons (Fsp3) is 0.167. The number of carboxylic acid groups (broad SMARTS) is 1. The molecule has 0 amide bonds. The number of aromatic nitrogens is 2. The van der Waals surface area contributed by atoms with E-state index in [-0.39, 0.29) is 5.56 Å². The Morgan fingerprint density at radius 2 is 2.04 bits per heavy atom. The van der Waals surface area contributed by atoms with Crippen LogP contribution in [0, 0.1) is 0 Å². The van der Waals surface area contributed by atoms with Crippen LogP contribution in [0.2, 0.25) is 0 Å². The molecule has 0 saturated heterocycles. The third-order valence-corrected chi connectivity index (χ3v) is 4.25. The zero-order valence-electron chi connectivity index (χ0n) is 13.5. The van der Waals surface area contributed by atoms with E-state index in [2.05, 4.69) is 10.2 Å². The van der Waals surface area contributed by atoms with Crippen LogP contribution in [0.1, 0.15) is 22.8 Å². The Morgan fingerprint density at radius 3 is 2.84 bits per heavy atom. The van der Waals surface area contributed by atoms with Crippen LogP contribution in [0.25, 0.3) is 11.5 Å². The molecular weight excluding hydrogens is 340 g/mol. The van der Waals surface area contributed by atoms with Gasteiger partial charge in [-0.15, -0.1) is 10.2 Å². The Kier molecular flexibility index (Phi) is 5.35. The lowest BCUT2D eigenvalue weighted by atomic mass is 10.1. The number of hydrogen-bond acceptors (Lipinski definition) is 6. The van der Waals surface area contributed by atoms with Crippen LogP contribution in [0.3, 0.4) is 0 Å². The molecule has 1 aromatic heterocycles. The van der Waals surface area contributed by atoms with Crippen molar-refractivity contribution >= 4 is 17.7 Å². The van der Waals surface area contributed by atoms with Gasteiger partial charge in [0.1, 0.15) is 5.75 Å². The SMILES string of the molecule is CCOc1ccccc1-c1nnc(SCc2cccc(C(=O)O)c2)o1. The zero-order valence-corrected chi connectivity index (χ0v) is 14.3. The van der Waals surface area contributed by atoms with Gasteiger partial charge in [-0.3, -0.25) is 0 Å². The number of carboxylic acids is 1. The van der Waals surface area contributed by atoms with Crippen molar-refractivity contribution in [1.82, 2.24) is 10.2 Å². The minimum absolute atomic E-state index is 0.259. The fourth-order valence-electron chi connectivity index (χ4n) is 2.24. The molecule has 0 fully saturated rings. The van der Waals surface area contributed by atoms with Gasteiger partial charge in [0.15, 0.2) is 0 Å². The Labute approximate surface area is 148 Å². The maximum absolute atomic E-state index is 11.0. The molecule has 0 aliphatic carbocycles. The molecule has 25 heavy (non-hydrogen) atoms. The molecule has 0 aliphatic rings. The number of hydrogen-bond donors (Lipinski definition) is 1. The van der Waals surface area contributed by atoms with Crippen molar-refractivity contribution in [1.29, 1.82) is 0 Å². The van der Waals surface area contributed by atoms with Crippen molar-refractivity contribution in [2.45, 2.75) is 17.9 Å². The lowest BCUT2D eigenvalue weighted by Crippen LogP contribution is -1.96. The highest BCUT2D eigenvalue weighted by Gasteiger charge is 2.14. The molecule has 0 unspecified atom stereocenters. The lowest BCUT2D eigenvalue weighted by molar-refractivity contribution is 0.0696. The van der Waals surface area contributed by atoms with E-state index in [1.54, 1.807) is 18.2 Å². The summed E-state index contributed by atoms with van der Waals surface area (Å²) in [6.07, 6.45) is 0. The molecule has 6 nitrogen and oxygen atoms in total. The van der Waals surface area contributed by atoms with Gasteiger partial charge in [0.05, 0.1) is 17.7 Å². The molecule has 3 aromatic rings. The van der Waals surface area contributed by atoms with Crippen LogP contribution in [0.15, 0.2) is 58.2 Å². The summed E-state index contributed by atoms with van der Waals surface area (Å²) in [6.45, 7) is 2.46. The highest BCUT2D eigenvalue weighted by molar-refractivity contribution is 7.98. The Balaban J connectivity index is 1.72. The standard InChI is InChI=1S/C18H16N2O4S/c1-2-23-15-9-4-3-8-14(15)16-19-20-18(24-16)25-11-12-6-5-7-13(10-12)17(21)22/h3-10H,2,11H2,1H3,(H,21,22). The van der Waals surface area contributed by atoms with Crippen LogP contribution in [-0.2, 0) is 5.75 Å². The summed E-state index contributed by atoms with van der Waals surface area (Å²) >= 11 is 1.35. The van der Waals surface area contributed by atoms with Gasteiger partial charge in [0, 0.05) is 5.75 Å². The van der Waals surface area contributed by atoms with Gasteiger partial charge < -0.3 is 14.3 Å². The van der Waals surface area contributed by atoms with E-state index in [1.165, 1.54) is 11.8 Å². The van der Waals surface area contributed by atoms with E-state index < -0.39 is 5.97 Å². The summed E-state index contributed by atoms with van der Waals surface area (Å²) in [6, 6.07) is 14.3. The van der Waals surface area contributed by atoms with Gasteiger partial charge in [-0.25, -0.2) is 4.79 Å². The third kappa shape index (κ3) is 4.19. The van der Waals surface area contributed by atoms with Gasteiger partial charge in [-0.2, -0.15) is 0 Å². The van der Waals surface area contributed by atoms with Crippen LogP contribution >= 0.6 is 11.8 Å². The first kappa shape index (κ1) is 17.0. The number of nitrogens with zero attached hydrogens (tertiary/aromatic N) is 2. The second-order valence-corrected chi connectivity index (χ2v) is 6.02. The topological polar surface area (TPSA) is 85.5 Å². The van der Waals surface area contributed by atoms with E-state index in [0.717, 1.165) is 11.1 Å². The quantitative estimate of drug-likeness (QED) is 0.637. The Bertz CT molecular complexity index is 879. The molecule has 0 radical (unpaired) electrons. The first-order valence-corrected chi connectivity index (χ1v) is 8.66. The van der Waals surface area contributed by atoms with Crippen molar-refractivity contribution in [2.75, 3.05) is 6.61 Å². The summed E-state index contributed by atoms with van der Waals surface area (Å²) in [4.78, 5) is 11.0. The number of rotatable bonds is 7. The molecule has 1 N–H and O–H groups in total. The van der Waals surface area contributed by atoms with Crippen molar-refractivity contribution in [2.24, 2.45) is 0 Å². The Morgan fingerprint density at radius 1 is 1.20 bits per heavy atom. The second kappa shape index (κ2) is 7.85.